The third-order valence-electron chi connectivity index (χ3n) is 4.46. The molecule has 0 spiro atoms. The summed E-state index contributed by atoms with van der Waals surface area (Å²) < 4.78 is 26.6. The summed E-state index contributed by atoms with van der Waals surface area (Å²) in [6, 6.07) is 13.8. The Balaban J connectivity index is 1.66. The molecule has 0 aromatic heterocycles. The molecule has 1 saturated carbocycles. The number of amides is 1. The van der Waals surface area contributed by atoms with E-state index in [1.54, 1.807) is 19.1 Å². The zero-order chi connectivity index (χ0) is 19.3. The average molecular weight is 405 g/mol. The largest absolute Gasteiger partial charge is 0.322 e. The van der Waals surface area contributed by atoms with Crippen LogP contribution in [0.2, 0.25) is 0 Å². The van der Waals surface area contributed by atoms with E-state index in [0.29, 0.717) is 23.0 Å². The summed E-state index contributed by atoms with van der Waals surface area (Å²) in [5, 5.41) is 3.53. The number of thioether (sulfide) groups is 1. The fourth-order valence-corrected chi connectivity index (χ4v) is 5.43. The van der Waals surface area contributed by atoms with Gasteiger partial charge in [0.25, 0.3) is 5.91 Å². The lowest BCUT2D eigenvalue weighted by Gasteiger charge is -2.10. The van der Waals surface area contributed by atoms with Crippen molar-refractivity contribution >= 4 is 33.4 Å². The first-order valence-corrected chi connectivity index (χ1v) is 11.5. The third kappa shape index (κ3) is 5.34. The Morgan fingerprint density at radius 3 is 2.48 bits per heavy atom. The van der Waals surface area contributed by atoms with Gasteiger partial charge >= 0.3 is 0 Å². The number of nitrogens with one attached hydrogen (secondary N) is 2. The van der Waals surface area contributed by atoms with Crippen molar-refractivity contribution in [1.82, 2.24) is 4.72 Å². The van der Waals surface area contributed by atoms with Crippen LogP contribution in [-0.4, -0.2) is 26.1 Å². The van der Waals surface area contributed by atoms with Gasteiger partial charge in [-0.1, -0.05) is 25.8 Å². The van der Waals surface area contributed by atoms with E-state index >= 15 is 0 Å². The SMILES string of the molecule is CCNS(=O)(=O)c1cccc(C(=O)Nc2ccc(SC3CCCC3)cc2)c1. The van der Waals surface area contributed by atoms with Gasteiger partial charge in [-0.2, -0.15) is 0 Å². The molecular weight excluding hydrogens is 380 g/mol. The fourth-order valence-electron chi connectivity index (χ4n) is 3.10. The molecule has 2 N–H and O–H groups in total. The molecule has 2 aromatic rings. The minimum atomic E-state index is -3.59. The average Bonchev–Trinajstić information content (AvgIpc) is 3.16. The van der Waals surface area contributed by atoms with Crippen LogP contribution in [0, 0.1) is 0 Å². The maximum Gasteiger partial charge on any atom is 0.255 e. The van der Waals surface area contributed by atoms with Gasteiger partial charge in [-0.3, -0.25) is 4.79 Å². The summed E-state index contributed by atoms with van der Waals surface area (Å²) in [6.07, 6.45) is 5.17. The van der Waals surface area contributed by atoms with Crippen molar-refractivity contribution in [3.05, 3.63) is 54.1 Å². The van der Waals surface area contributed by atoms with Crippen LogP contribution in [0.25, 0.3) is 0 Å². The Kier molecular flexibility index (Phi) is 6.57. The molecule has 27 heavy (non-hydrogen) atoms. The van der Waals surface area contributed by atoms with Crippen molar-refractivity contribution in [3.63, 3.8) is 0 Å². The highest BCUT2D eigenvalue weighted by atomic mass is 32.2. The van der Waals surface area contributed by atoms with Crippen molar-refractivity contribution in [2.45, 2.75) is 47.6 Å². The molecule has 0 atom stereocenters. The summed E-state index contributed by atoms with van der Waals surface area (Å²) in [5.41, 5.74) is 0.995. The predicted octanol–water partition coefficient (Wildman–Crippen LogP) is 4.27. The van der Waals surface area contributed by atoms with Crippen LogP contribution in [0.3, 0.4) is 0 Å². The molecule has 0 aliphatic heterocycles. The molecule has 1 aliphatic rings. The first kappa shape index (κ1) is 19.9. The molecule has 144 valence electrons. The van der Waals surface area contributed by atoms with Crippen molar-refractivity contribution in [1.29, 1.82) is 0 Å². The van der Waals surface area contributed by atoms with Gasteiger partial charge in [0.05, 0.1) is 4.90 Å². The Morgan fingerprint density at radius 1 is 1.11 bits per heavy atom. The van der Waals surface area contributed by atoms with Gasteiger partial charge in [-0.15, -0.1) is 11.8 Å². The van der Waals surface area contributed by atoms with Gasteiger partial charge < -0.3 is 5.32 Å². The van der Waals surface area contributed by atoms with E-state index in [9.17, 15) is 13.2 Å². The summed E-state index contributed by atoms with van der Waals surface area (Å²) in [6.45, 7) is 2.01. The third-order valence-corrected chi connectivity index (χ3v) is 7.35. The Hall–Kier alpha value is -1.83. The number of carbonyl (C=O) groups is 1. The second-order valence-corrected chi connectivity index (χ2v) is 9.67. The molecule has 1 fully saturated rings. The van der Waals surface area contributed by atoms with Crippen molar-refractivity contribution < 1.29 is 13.2 Å². The molecule has 7 heteroatoms. The second kappa shape index (κ2) is 8.91. The van der Waals surface area contributed by atoms with Gasteiger partial charge in [0.15, 0.2) is 0 Å². The van der Waals surface area contributed by atoms with E-state index in [2.05, 4.69) is 10.0 Å². The molecule has 1 aliphatic carbocycles. The number of carbonyl (C=O) groups excluding carboxylic acids is 1. The van der Waals surface area contributed by atoms with Gasteiger partial charge in [0, 0.05) is 27.9 Å². The van der Waals surface area contributed by atoms with E-state index in [4.69, 9.17) is 0 Å². The van der Waals surface area contributed by atoms with E-state index in [1.807, 2.05) is 36.0 Å². The number of anilines is 1. The first-order chi connectivity index (χ1) is 13.0. The van der Waals surface area contributed by atoms with Gasteiger partial charge in [0.2, 0.25) is 10.0 Å². The van der Waals surface area contributed by atoms with Crippen LogP contribution in [0.15, 0.2) is 58.3 Å². The molecule has 0 bridgehead atoms. The predicted molar refractivity (Wildman–Crippen MR) is 110 cm³/mol. The van der Waals surface area contributed by atoms with E-state index in [0.717, 1.165) is 0 Å². The molecule has 5 nitrogen and oxygen atoms in total. The Labute approximate surface area is 165 Å². The lowest BCUT2D eigenvalue weighted by atomic mass is 10.2. The highest BCUT2D eigenvalue weighted by Crippen LogP contribution is 2.35. The molecule has 0 saturated heterocycles. The Bertz CT molecular complexity index is 890. The highest BCUT2D eigenvalue weighted by Gasteiger charge is 2.17. The van der Waals surface area contributed by atoms with Gasteiger partial charge in [-0.05, 0) is 55.3 Å². The van der Waals surface area contributed by atoms with Crippen LogP contribution in [0.1, 0.15) is 43.0 Å². The monoisotopic (exact) mass is 404 g/mol. The summed E-state index contributed by atoms with van der Waals surface area (Å²) in [5.74, 6) is -0.334. The van der Waals surface area contributed by atoms with Crippen LogP contribution in [-0.2, 0) is 10.0 Å². The zero-order valence-corrected chi connectivity index (χ0v) is 16.9. The number of benzene rings is 2. The lowest BCUT2D eigenvalue weighted by Crippen LogP contribution is -2.23. The van der Waals surface area contributed by atoms with Gasteiger partial charge in [0.1, 0.15) is 0 Å². The Morgan fingerprint density at radius 2 is 1.81 bits per heavy atom. The number of hydrogen-bond donors (Lipinski definition) is 2. The maximum absolute atomic E-state index is 12.5. The number of hydrogen-bond acceptors (Lipinski definition) is 4. The quantitative estimate of drug-likeness (QED) is 0.723. The second-order valence-electron chi connectivity index (χ2n) is 6.53. The topological polar surface area (TPSA) is 75.3 Å². The molecule has 0 unspecified atom stereocenters. The summed E-state index contributed by atoms with van der Waals surface area (Å²) in [4.78, 5) is 13.8. The normalized spacial score (nSPS) is 15.0. The molecule has 2 aromatic carbocycles. The van der Waals surface area contributed by atoms with Crippen LogP contribution in [0.5, 0.6) is 0 Å². The number of rotatable bonds is 7. The molecule has 0 radical (unpaired) electrons. The van der Waals surface area contributed by atoms with Crippen molar-refractivity contribution in [2.24, 2.45) is 0 Å². The maximum atomic E-state index is 12.5. The van der Waals surface area contributed by atoms with Crippen LogP contribution >= 0.6 is 11.8 Å². The standard InChI is InChI=1S/C20H24N2O3S2/c1-2-21-27(24,25)19-9-5-6-15(14-19)20(23)22-16-10-12-18(13-11-16)26-17-7-3-4-8-17/h5-6,9-14,17,21H,2-4,7-8H2,1H3,(H,22,23). The minimum Gasteiger partial charge on any atom is -0.322 e. The number of sulfonamides is 1. The molecule has 1 amide bonds. The summed E-state index contributed by atoms with van der Waals surface area (Å²) >= 11 is 1.90. The van der Waals surface area contributed by atoms with Gasteiger partial charge in [-0.25, -0.2) is 13.1 Å². The highest BCUT2D eigenvalue weighted by molar-refractivity contribution is 8.00. The van der Waals surface area contributed by atoms with Crippen LogP contribution < -0.4 is 10.0 Å². The van der Waals surface area contributed by atoms with E-state index < -0.39 is 10.0 Å². The zero-order valence-electron chi connectivity index (χ0n) is 15.3. The smallest absolute Gasteiger partial charge is 0.255 e. The lowest BCUT2D eigenvalue weighted by molar-refractivity contribution is 0.102. The molecular formula is C20H24N2O3S2. The fraction of sp³-hybridized carbons (Fsp3) is 0.350. The first-order valence-electron chi connectivity index (χ1n) is 9.16. The molecule has 3 rings (SSSR count). The van der Waals surface area contributed by atoms with E-state index in [-0.39, 0.29) is 10.8 Å². The van der Waals surface area contributed by atoms with Crippen molar-refractivity contribution in [2.75, 3.05) is 11.9 Å². The molecule has 0 heterocycles. The minimum absolute atomic E-state index is 0.0836. The van der Waals surface area contributed by atoms with Crippen molar-refractivity contribution in [3.8, 4) is 0 Å². The van der Waals surface area contributed by atoms with Crippen LogP contribution in [0.4, 0.5) is 5.69 Å². The summed E-state index contributed by atoms with van der Waals surface area (Å²) in [7, 11) is -3.59. The van der Waals surface area contributed by atoms with E-state index in [1.165, 1.54) is 42.7 Å².